The molecule has 0 N–H and O–H groups in total. The minimum atomic E-state index is -3.68. The summed E-state index contributed by atoms with van der Waals surface area (Å²) < 4.78 is 60.3. The first-order valence-corrected chi connectivity index (χ1v) is 12.0. The highest BCUT2D eigenvalue weighted by molar-refractivity contribution is 7.89. The van der Waals surface area contributed by atoms with Gasteiger partial charge in [0.25, 0.3) is 0 Å². The third-order valence-corrected chi connectivity index (χ3v) is 8.17. The number of rotatable bonds is 7. The van der Waals surface area contributed by atoms with Crippen LogP contribution in [0.1, 0.15) is 6.42 Å². The minimum absolute atomic E-state index is 0.0422. The standard InChI is InChI=1S/C17H24N4O5S2/c1-19-15-17(14-18-19)28(24,25)21-9-5-8-20(10-11-21)27(22,23)13-12-26-16-6-3-2-4-7-16/h2-4,6-7,14-15H,5,8-13H2,1H3. The third-order valence-electron chi connectivity index (χ3n) is 4.48. The van der Waals surface area contributed by atoms with Crippen molar-refractivity contribution in [2.75, 3.05) is 38.5 Å². The molecule has 28 heavy (non-hydrogen) atoms. The first kappa shape index (κ1) is 20.8. The summed E-state index contributed by atoms with van der Waals surface area (Å²) in [4.78, 5) is 0.113. The van der Waals surface area contributed by atoms with Crippen LogP contribution in [0, 0.1) is 0 Å². The molecular weight excluding hydrogens is 404 g/mol. The number of aryl methyl sites for hydroxylation is 1. The fourth-order valence-corrected chi connectivity index (χ4v) is 5.76. The fraction of sp³-hybridized carbons (Fsp3) is 0.471. The molecule has 1 aliphatic rings. The quantitative estimate of drug-likeness (QED) is 0.637. The average molecular weight is 429 g/mol. The van der Waals surface area contributed by atoms with Crippen LogP contribution in [0.25, 0.3) is 0 Å². The summed E-state index contributed by atoms with van der Waals surface area (Å²) in [5.41, 5.74) is 0. The predicted octanol–water partition coefficient (Wildman–Crippen LogP) is 0.525. The molecule has 9 nitrogen and oxygen atoms in total. The Morgan fingerprint density at radius 2 is 1.68 bits per heavy atom. The van der Waals surface area contributed by atoms with Crippen LogP contribution in [0.4, 0.5) is 0 Å². The Morgan fingerprint density at radius 1 is 1.00 bits per heavy atom. The molecule has 0 bridgehead atoms. The lowest BCUT2D eigenvalue weighted by Crippen LogP contribution is -2.39. The molecule has 2 heterocycles. The molecule has 3 rings (SSSR count). The number of hydrogen-bond acceptors (Lipinski definition) is 6. The van der Waals surface area contributed by atoms with Crippen molar-refractivity contribution in [2.45, 2.75) is 11.3 Å². The number of para-hydroxylation sites is 1. The monoisotopic (exact) mass is 428 g/mol. The van der Waals surface area contributed by atoms with E-state index in [1.165, 1.54) is 25.7 Å². The fourth-order valence-electron chi connectivity index (χ4n) is 2.98. The zero-order chi connectivity index (χ0) is 20.2. The maximum Gasteiger partial charge on any atom is 0.246 e. The van der Waals surface area contributed by atoms with Gasteiger partial charge >= 0.3 is 0 Å². The Balaban J connectivity index is 1.59. The van der Waals surface area contributed by atoms with E-state index in [1.54, 1.807) is 19.2 Å². The van der Waals surface area contributed by atoms with Crippen molar-refractivity contribution in [1.82, 2.24) is 18.4 Å². The predicted molar refractivity (Wildman–Crippen MR) is 104 cm³/mol. The van der Waals surface area contributed by atoms with Gasteiger partial charge in [0, 0.05) is 39.4 Å². The van der Waals surface area contributed by atoms with Gasteiger partial charge in [-0.25, -0.2) is 21.1 Å². The molecule has 154 valence electrons. The van der Waals surface area contributed by atoms with Gasteiger partial charge in [0.15, 0.2) is 0 Å². The molecule has 1 saturated heterocycles. The van der Waals surface area contributed by atoms with E-state index in [0.717, 1.165) is 0 Å². The summed E-state index contributed by atoms with van der Waals surface area (Å²) in [6.45, 7) is 0.820. The van der Waals surface area contributed by atoms with Crippen molar-refractivity contribution in [1.29, 1.82) is 0 Å². The van der Waals surface area contributed by atoms with E-state index in [1.807, 2.05) is 18.2 Å². The summed E-state index contributed by atoms with van der Waals surface area (Å²) in [5, 5.41) is 3.90. The van der Waals surface area contributed by atoms with Crippen molar-refractivity contribution in [3.05, 3.63) is 42.7 Å². The topological polar surface area (TPSA) is 102 Å². The van der Waals surface area contributed by atoms with Crippen LogP contribution < -0.4 is 4.74 Å². The maximum atomic E-state index is 12.7. The van der Waals surface area contributed by atoms with Crippen molar-refractivity contribution in [2.24, 2.45) is 7.05 Å². The number of aromatic nitrogens is 2. The molecule has 1 aromatic carbocycles. The molecule has 0 saturated carbocycles. The van der Waals surface area contributed by atoms with Crippen LogP contribution in [-0.4, -0.2) is 73.8 Å². The van der Waals surface area contributed by atoms with E-state index >= 15 is 0 Å². The van der Waals surface area contributed by atoms with Crippen molar-refractivity contribution in [3.8, 4) is 5.75 Å². The van der Waals surface area contributed by atoms with Crippen LogP contribution in [-0.2, 0) is 27.1 Å². The van der Waals surface area contributed by atoms with E-state index in [9.17, 15) is 16.8 Å². The second-order valence-corrected chi connectivity index (χ2v) is 10.5. The lowest BCUT2D eigenvalue weighted by atomic mass is 10.3. The Kier molecular flexibility index (Phi) is 6.38. The van der Waals surface area contributed by atoms with Gasteiger partial charge in [0.2, 0.25) is 20.0 Å². The number of hydrogen-bond donors (Lipinski definition) is 0. The summed E-state index contributed by atoms with van der Waals surface area (Å²) in [6.07, 6.45) is 3.17. The van der Waals surface area contributed by atoms with Gasteiger partial charge in [-0.2, -0.15) is 9.40 Å². The first-order chi connectivity index (χ1) is 13.3. The second kappa shape index (κ2) is 8.60. The Bertz CT molecular complexity index is 990. The molecule has 0 amide bonds. The molecule has 1 fully saturated rings. The van der Waals surface area contributed by atoms with Gasteiger partial charge < -0.3 is 4.74 Å². The minimum Gasteiger partial charge on any atom is -0.492 e. The van der Waals surface area contributed by atoms with E-state index < -0.39 is 20.0 Å². The smallest absolute Gasteiger partial charge is 0.246 e. The van der Waals surface area contributed by atoms with Gasteiger partial charge in [-0.3, -0.25) is 4.68 Å². The zero-order valence-electron chi connectivity index (χ0n) is 15.6. The highest BCUT2D eigenvalue weighted by atomic mass is 32.2. The maximum absolute atomic E-state index is 12.7. The molecule has 1 aliphatic heterocycles. The molecule has 11 heteroatoms. The van der Waals surface area contributed by atoms with Crippen LogP contribution in [0.5, 0.6) is 5.75 Å². The van der Waals surface area contributed by atoms with Gasteiger partial charge in [-0.15, -0.1) is 0 Å². The van der Waals surface area contributed by atoms with E-state index in [2.05, 4.69) is 5.10 Å². The SMILES string of the molecule is Cn1cc(S(=O)(=O)N2CCCN(S(=O)(=O)CCOc3ccccc3)CC2)cn1. The lowest BCUT2D eigenvalue weighted by Gasteiger charge is -2.21. The van der Waals surface area contributed by atoms with Gasteiger partial charge in [0.1, 0.15) is 17.3 Å². The molecule has 0 unspecified atom stereocenters. The zero-order valence-corrected chi connectivity index (χ0v) is 17.3. The van der Waals surface area contributed by atoms with Crippen LogP contribution in [0.2, 0.25) is 0 Å². The van der Waals surface area contributed by atoms with Crippen LogP contribution in [0.15, 0.2) is 47.6 Å². The molecule has 0 spiro atoms. The van der Waals surface area contributed by atoms with Crippen LogP contribution in [0.3, 0.4) is 0 Å². The molecule has 1 aromatic heterocycles. The summed E-state index contributed by atoms with van der Waals surface area (Å²) in [5.74, 6) is 0.458. The van der Waals surface area contributed by atoms with E-state index in [0.29, 0.717) is 12.2 Å². The largest absolute Gasteiger partial charge is 0.492 e. The van der Waals surface area contributed by atoms with Crippen molar-refractivity contribution < 1.29 is 21.6 Å². The van der Waals surface area contributed by atoms with E-state index in [4.69, 9.17) is 4.74 Å². The summed E-state index contributed by atoms with van der Waals surface area (Å²) in [7, 11) is -5.57. The molecule has 0 aliphatic carbocycles. The third kappa shape index (κ3) is 4.90. The summed E-state index contributed by atoms with van der Waals surface area (Å²) >= 11 is 0. The Hall–Kier alpha value is -1.95. The van der Waals surface area contributed by atoms with Gasteiger partial charge in [0.05, 0.1) is 11.9 Å². The highest BCUT2D eigenvalue weighted by Gasteiger charge is 2.31. The number of benzene rings is 1. The number of nitrogens with zero attached hydrogens (tertiary/aromatic N) is 4. The van der Waals surface area contributed by atoms with Gasteiger partial charge in [-0.05, 0) is 18.6 Å². The van der Waals surface area contributed by atoms with Crippen LogP contribution >= 0.6 is 0 Å². The molecule has 0 atom stereocenters. The average Bonchev–Trinajstić information content (AvgIpc) is 2.94. The number of sulfonamides is 2. The molecular formula is C17H24N4O5S2. The first-order valence-electron chi connectivity index (χ1n) is 8.93. The highest BCUT2D eigenvalue weighted by Crippen LogP contribution is 2.18. The Labute approximate surface area is 165 Å². The van der Waals surface area contributed by atoms with Crippen molar-refractivity contribution >= 4 is 20.0 Å². The normalized spacial score (nSPS) is 17.3. The van der Waals surface area contributed by atoms with E-state index in [-0.39, 0.29) is 43.4 Å². The number of ether oxygens (including phenoxy) is 1. The molecule has 0 radical (unpaired) electrons. The Morgan fingerprint density at radius 3 is 2.36 bits per heavy atom. The lowest BCUT2D eigenvalue weighted by molar-refractivity contribution is 0.334. The van der Waals surface area contributed by atoms with Gasteiger partial charge in [-0.1, -0.05) is 18.2 Å². The molecule has 2 aromatic rings. The summed E-state index contributed by atoms with van der Waals surface area (Å²) in [6, 6.07) is 9.01. The van der Waals surface area contributed by atoms with Crippen molar-refractivity contribution in [3.63, 3.8) is 0 Å². The second-order valence-electron chi connectivity index (χ2n) is 6.48.